The van der Waals surface area contributed by atoms with Crippen LogP contribution in [0.2, 0.25) is 0 Å². The smallest absolute Gasteiger partial charge is 0.134 e. The molecule has 19 heavy (non-hydrogen) atoms. The van der Waals surface area contributed by atoms with Gasteiger partial charge in [-0.05, 0) is 57.7 Å². The van der Waals surface area contributed by atoms with Crippen LogP contribution in [0.1, 0.15) is 37.1 Å². The topological polar surface area (TPSA) is 25.2 Å². The van der Waals surface area contributed by atoms with Gasteiger partial charge in [-0.25, -0.2) is 0 Å². The quantitative estimate of drug-likeness (QED) is 0.904. The number of benzene rings is 1. The van der Waals surface area contributed by atoms with Crippen molar-refractivity contribution in [1.29, 1.82) is 0 Å². The summed E-state index contributed by atoms with van der Waals surface area (Å²) in [6.07, 6.45) is 2.55. The number of aryl methyl sites for hydroxylation is 1. The lowest BCUT2D eigenvalue weighted by Gasteiger charge is -2.31. The molecule has 1 aromatic heterocycles. The summed E-state index contributed by atoms with van der Waals surface area (Å²) in [7, 11) is 2.03. The lowest BCUT2D eigenvalue weighted by Crippen LogP contribution is -2.35. The number of fused-ring (bicyclic) bond motifs is 1. The number of rotatable bonds is 3. The molecule has 1 saturated heterocycles. The van der Waals surface area contributed by atoms with E-state index in [1.807, 2.05) is 7.05 Å². The van der Waals surface area contributed by atoms with Gasteiger partial charge in [0, 0.05) is 10.1 Å². The molecule has 0 saturated carbocycles. The highest BCUT2D eigenvalue weighted by Gasteiger charge is 2.39. The Labute approximate surface area is 118 Å². The summed E-state index contributed by atoms with van der Waals surface area (Å²) < 4.78 is 6.33. The van der Waals surface area contributed by atoms with Gasteiger partial charge in [-0.3, -0.25) is 0 Å². The van der Waals surface area contributed by atoms with Crippen LogP contribution in [0.25, 0.3) is 11.0 Å². The highest BCUT2D eigenvalue weighted by atomic mass is 32.2. The Hall–Kier alpha value is -0.930. The SMILES string of the molecule is CNC(c1cc2cc(C)ccc2o1)C1(C)CCCS1. The normalized spacial score (nSPS) is 25.0. The second kappa shape index (κ2) is 4.88. The van der Waals surface area contributed by atoms with E-state index in [1.165, 1.54) is 29.5 Å². The van der Waals surface area contributed by atoms with E-state index in [-0.39, 0.29) is 10.8 Å². The van der Waals surface area contributed by atoms with Gasteiger partial charge in [0.15, 0.2) is 0 Å². The molecule has 1 fully saturated rings. The maximum Gasteiger partial charge on any atom is 0.134 e. The largest absolute Gasteiger partial charge is 0.459 e. The summed E-state index contributed by atoms with van der Waals surface area (Å²) in [5.74, 6) is 2.33. The van der Waals surface area contributed by atoms with E-state index in [0.29, 0.717) is 0 Å². The van der Waals surface area contributed by atoms with Gasteiger partial charge in [0.25, 0.3) is 0 Å². The standard InChI is InChI=1S/C16H21NOS/c1-11-5-6-13-12(9-11)10-14(18-13)15(17-3)16(2)7-4-8-19-16/h5-6,9-10,15,17H,4,7-8H2,1-3H3. The zero-order valence-corrected chi connectivity index (χ0v) is 12.6. The molecule has 0 spiro atoms. The molecular formula is C16H21NOS. The van der Waals surface area contributed by atoms with Crippen LogP contribution in [0.4, 0.5) is 0 Å². The van der Waals surface area contributed by atoms with Gasteiger partial charge in [-0.15, -0.1) is 0 Å². The van der Waals surface area contributed by atoms with Crippen LogP contribution in [-0.4, -0.2) is 17.5 Å². The Balaban J connectivity index is 2.01. The number of hydrogen-bond acceptors (Lipinski definition) is 3. The molecule has 3 heteroatoms. The third-order valence-corrected chi connectivity index (χ3v) is 5.72. The Morgan fingerprint density at radius 1 is 1.37 bits per heavy atom. The minimum atomic E-state index is 0.248. The molecule has 2 unspecified atom stereocenters. The third kappa shape index (κ3) is 2.30. The van der Waals surface area contributed by atoms with E-state index in [9.17, 15) is 0 Å². The monoisotopic (exact) mass is 275 g/mol. The molecule has 0 radical (unpaired) electrons. The summed E-state index contributed by atoms with van der Waals surface area (Å²) in [4.78, 5) is 0. The minimum absolute atomic E-state index is 0.248. The van der Waals surface area contributed by atoms with Crippen LogP contribution in [-0.2, 0) is 0 Å². The lowest BCUT2D eigenvalue weighted by atomic mass is 9.94. The highest BCUT2D eigenvalue weighted by molar-refractivity contribution is 8.00. The van der Waals surface area contributed by atoms with Gasteiger partial charge < -0.3 is 9.73 Å². The molecule has 2 atom stereocenters. The van der Waals surface area contributed by atoms with Gasteiger partial charge >= 0.3 is 0 Å². The van der Waals surface area contributed by atoms with Crippen LogP contribution < -0.4 is 5.32 Å². The summed E-state index contributed by atoms with van der Waals surface area (Å²) in [6.45, 7) is 4.47. The van der Waals surface area contributed by atoms with Crippen molar-refractivity contribution in [3.8, 4) is 0 Å². The Morgan fingerprint density at radius 3 is 2.89 bits per heavy atom. The maximum absolute atomic E-state index is 6.08. The van der Waals surface area contributed by atoms with Crippen molar-refractivity contribution in [3.63, 3.8) is 0 Å². The first kappa shape index (κ1) is 13.1. The first-order chi connectivity index (χ1) is 9.12. The van der Waals surface area contributed by atoms with Crippen molar-refractivity contribution >= 4 is 22.7 Å². The molecule has 0 amide bonds. The molecule has 2 heterocycles. The van der Waals surface area contributed by atoms with Gasteiger partial charge in [-0.2, -0.15) is 11.8 Å². The van der Waals surface area contributed by atoms with Crippen LogP contribution in [0.3, 0.4) is 0 Å². The van der Waals surface area contributed by atoms with Crippen molar-refractivity contribution < 1.29 is 4.42 Å². The van der Waals surface area contributed by atoms with Crippen molar-refractivity contribution in [3.05, 3.63) is 35.6 Å². The number of thioether (sulfide) groups is 1. The van der Waals surface area contributed by atoms with Crippen molar-refractivity contribution in [1.82, 2.24) is 5.32 Å². The molecule has 3 rings (SSSR count). The average molecular weight is 275 g/mol. The van der Waals surface area contributed by atoms with Gasteiger partial charge in [0.1, 0.15) is 11.3 Å². The predicted octanol–water partition coefficient (Wildman–Crippen LogP) is 4.29. The fraction of sp³-hybridized carbons (Fsp3) is 0.500. The fourth-order valence-corrected chi connectivity index (χ4v) is 4.55. The second-order valence-corrected chi connectivity index (χ2v) is 7.31. The first-order valence-electron chi connectivity index (χ1n) is 6.94. The highest BCUT2D eigenvalue weighted by Crippen LogP contribution is 2.47. The first-order valence-corrected chi connectivity index (χ1v) is 7.92. The molecule has 0 aliphatic carbocycles. The molecule has 1 aliphatic heterocycles. The van der Waals surface area contributed by atoms with Crippen LogP contribution in [0.15, 0.2) is 28.7 Å². The Bertz CT molecular complexity index is 583. The molecule has 102 valence electrons. The van der Waals surface area contributed by atoms with Crippen LogP contribution in [0, 0.1) is 6.92 Å². The van der Waals surface area contributed by atoms with E-state index < -0.39 is 0 Å². The fourth-order valence-electron chi connectivity index (χ4n) is 3.10. The molecule has 0 bridgehead atoms. The molecule has 2 aromatic rings. The van der Waals surface area contributed by atoms with E-state index >= 15 is 0 Å². The zero-order chi connectivity index (χ0) is 13.5. The van der Waals surface area contributed by atoms with E-state index in [2.05, 4.69) is 55.2 Å². The zero-order valence-electron chi connectivity index (χ0n) is 11.8. The van der Waals surface area contributed by atoms with Gasteiger partial charge in [0.2, 0.25) is 0 Å². The number of furan rings is 1. The number of hydrogen-bond donors (Lipinski definition) is 1. The van der Waals surface area contributed by atoms with E-state index in [0.717, 1.165) is 11.3 Å². The molecular weight excluding hydrogens is 254 g/mol. The van der Waals surface area contributed by atoms with Crippen LogP contribution in [0.5, 0.6) is 0 Å². The third-order valence-electron chi connectivity index (χ3n) is 4.12. The van der Waals surface area contributed by atoms with Crippen molar-refractivity contribution in [2.75, 3.05) is 12.8 Å². The van der Waals surface area contributed by atoms with Crippen molar-refractivity contribution in [2.45, 2.75) is 37.5 Å². The summed E-state index contributed by atoms with van der Waals surface area (Å²) >= 11 is 2.06. The number of nitrogens with one attached hydrogen (secondary N) is 1. The predicted molar refractivity (Wildman–Crippen MR) is 82.8 cm³/mol. The molecule has 1 aliphatic rings. The molecule has 1 aromatic carbocycles. The maximum atomic E-state index is 6.08. The minimum Gasteiger partial charge on any atom is -0.459 e. The van der Waals surface area contributed by atoms with Crippen molar-refractivity contribution in [2.24, 2.45) is 0 Å². The van der Waals surface area contributed by atoms with E-state index in [1.54, 1.807) is 0 Å². The summed E-state index contributed by atoms with van der Waals surface area (Å²) in [5.41, 5.74) is 2.27. The van der Waals surface area contributed by atoms with Gasteiger partial charge in [0.05, 0.1) is 6.04 Å². The average Bonchev–Trinajstić information content (AvgIpc) is 2.96. The summed E-state index contributed by atoms with van der Waals surface area (Å²) in [6, 6.07) is 8.86. The second-order valence-electron chi connectivity index (χ2n) is 5.68. The van der Waals surface area contributed by atoms with Gasteiger partial charge in [-0.1, -0.05) is 11.6 Å². The Kier molecular flexibility index (Phi) is 3.35. The van der Waals surface area contributed by atoms with Crippen LogP contribution >= 0.6 is 11.8 Å². The molecule has 2 nitrogen and oxygen atoms in total. The van der Waals surface area contributed by atoms with E-state index in [4.69, 9.17) is 4.42 Å². The molecule has 1 N–H and O–H groups in total. The summed E-state index contributed by atoms with van der Waals surface area (Å²) in [5, 5.41) is 4.67. The lowest BCUT2D eigenvalue weighted by molar-refractivity contribution is 0.374. The Morgan fingerprint density at radius 2 is 2.21 bits per heavy atom.